The van der Waals surface area contributed by atoms with Crippen molar-refractivity contribution in [3.05, 3.63) is 34.9 Å². The van der Waals surface area contributed by atoms with Crippen LogP contribution in [-0.2, 0) is 0 Å². The summed E-state index contributed by atoms with van der Waals surface area (Å²) in [5.74, 6) is 0.623. The van der Waals surface area contributed by atoms with Gasteiger partial charge in [-0.2, -0.15) is 0 Å². The Hall–Kier alpha value is -0.820. The van der Waals surface area contributed by atoms with E-state index in [1.165, 1.54) is 16.7 Å². The van der Waals surface area contributed by atoms with Crippen LogP contribution in [0.1, 0.15) is 56.8 Å². The van der Waals surface area contributed by atoms with Crippen LogP contribution in [0.3, 0.4) is 0 Å². The standard InChI is InChI=1S/C16H27N/c1-11-7-8-12(2)14(9-11)15(17)10-13(3)16(4,5)6/h7-9,13,15H,10,17H2,1-6H3. The lowest BCUT2D eigenvalue weighted by Gasteiger charge is -2.30. The van der Waals surface area contributed by atoms with Crippen molar-refractivity contribution in [2.45, 2.75) is 54.0 Å². The molecule has 0 radical (unpaired) electrons. The topological polar surface area (TPSA) is 26.0 Å². The van der Waals surface area contributed by atoms with Crippen LogP contribution >= 0.6 is 0 Å². The predicted molar refractivity (Wildman–Crippen MR) is 76.1 cm³/mol. The SMILES string of the molecule is Cc1ccc(C)c(C(N)CC(C)C(C)(C)C)c1. The van der Waals surface area contributed by atoms with Crippen molar-refractivity contribution < 1.29 is 0 Å². The van der Waals surface area contributed by atoms with Gasteiger partial charge in [0, 0.05) is 6.04 Å². The van der Waals surface area contributed by atoms with Crippen LogP contribution in [0.4, 0.5) is 0 Å². The number of aryl methyl sites for hydroxylation is 2. The van der Waals surface area contributed by atoms with E-state index in [1.807, 2.05) is 0 Å². The summed E-state index contributed by atoms with van der Waals surface area (Å²) in [5, 5.41) is 0. The maximum absolute atomic E-state index is 6.36. The van der Waals surface area contributed by atoms with E-state index < -0.39 is 0 Å². The minimum absolute atomic E-state index is 0.157. The first-order valence-corrected chi connectivity index (χ1v) is 6.54. The number of hydrogen-bond donors (Lipinski definition) is 1. The zero-order chi connectivity index (χ0) is 13.2. The molecule has 2 unspecified atom stereocenters. The third-order valence-electron chi connectivity index (χ3n) is 3.92. The zero-order valence-electron chi connectivity index (χ0n) is 12.2. The van der Waals surface area contributed by atoms with Crippen molar-refractivity contribution in [1.29, 1.82) is 0 Å². The van der Waals surface area contributed by atoms with Gasteiger partial charge in [0.25, 0.3) is 0 Å². The molecule has 0 saturated carbocycles. The molecule has 1 aromatic rings. The zero-order valence-corrected chi connectivity index (χ0v) is 12.2. The maximum atomic E-state index is 6.36. The summed E-state index contributed by atoms with van der Waals surface area (Å²) in [6.45, 7) is 13.4. The number of benzene rings is 1. The second-order valence-electron chi connectivity index (χ2n) is 6.47. The normalized spacial score (nSPS) is 15.7. The summed E-state index contributed by atoms with van der Waals surface area (Å²) in [6.07, 6.45) is 1.05. The number of nitrogens with two attached hydrogens (primary N) is 1. The van der Waals surface area contributed by atoms with E-state index in [9.17, 15) is 0 Å². The van der Waals surface area contributed by atoms with Gasteiger partial charge >= 0.3 is 0 Å². The molecule has 0 saturated heterocycles. The second-order valence-corrected chi connectivity index (χ2v) is 6.47. The Balaban J connectivity index is 2.83. The van der Waals surface area contributed by atoms with E-state index in [-0.39, 0.29) is 6.04 Å². The fourth-order valence-corrected chi connectivity index (χ4v) is 2.02. The van der Waals surface area contributed by atoms with Gasteiger partial charge in [-0.25, -0.2) is 0 Å². The van der Waals surface area contributed by atoms with E-state index in [4.69, 9.17) is 5.73 Å². The predicted octanol–water partition coefficient (Wildman–Crippen LogP) is 4.38. The fourth-order valence-electron chi connectivity index (χ4n) is 2.02. The molecule has 0 heterocycles. The van der Waals surface area contributed by atoms with Crippen molar-refractivity contribution in [2.24, 2.45) is 17.1 Å². The van der Waals surface area contributed by atoms with E-state index in [0.717, 1.165) is 6.42 Å². The first kappa shape index (κ1) is 14.2. The monoisotopic (exact) mass is 233 g/mol. The lowest BCUT2D eigenvalue weighted by atomic mass is 9.77. The van der Waals surface area contributed by atoms with E-state index in [2.05, 4.69) is 59.7 Å². The average molecular weight is 233 g/mol. The van der Waals surface area contributed by atoms with E-state index in [0.29, 0.717) is 11.3 Å². The summed E-state index contributed by atoms with van der Waals surface area (Å²) in [5.41, 5.74) is 10.6. The van der Waals surface area contributed by atoms with Gasteiger partial charge in [0.15, 0.2) is 0 Å². The van der Waals surface area contributed by atoms with Gasteiger partial charge in [-0.05, 0) is 42.7 Å². The molecule has 0 bridgehead atoms. The highest BCUT2D eigenvalue weighted by molar-refractivity contribution is 5.32. The van der Waals surface area contributed by atoms with Gasteiger partial charge in [0.2, 0.25) is 0 Å². The number of hydrogen-bond acceptors (Lipinski definition) is 1. The molecule has 0 aliphatic heterocycles. The van der Waals surface area contributed by atoms with Gasteiger partial charge < -0.3 is 5.73 Å². The molecular formula is C16H27N. The Kier molecular flexibility index (Phi) is 4.37. The van der Waals surface area contributed by atoms with Gasteiger partial charge in [0.05, 0.1) is 0 Å². The lowest BCUT2D eigenvalue weighted by Crippen LogP contribution is -2.23. The molecule has 0 spiro atoms. The molecule has 1 rings (SSSR count). The van der Waals surface area contributed by atoms with Crippen LogP contribution < -0.4 is 5.73 Å². The first-order chi connectivity index (χ1) is 7.71. The van der Waals surface area contributed by atoms with Crippen molar-refractivity contribution in [2.75, 3.05) is 0 Å². The molecule has 1 nitrogen and oxygen atoms in total. The van der Waals surface area contributed by atoms with Crippen LogP contribution in [0.5, 0.6) is 0 Å². The van der Waals surface area contributed by atoms with Crippen molar-refractivity contribution >= 4 is 0 Å². The van der Waals surface area contributed by atoms with Crippen LogP contribution in [-0.4, -0.2) is 0 Å². The summed E-state index contributed by atoms with van der Waals surface area (Å²) in [4.78, 5) is 0. The Labute approximate surface area is 106 Å². The largest absolute Gasteiger partial charge is 0.324 e. The molecule has 2 atom stereocenters. The molecule has 1 aromatic carbocycles. The van der Waals surface area contributed by atoms with Crippen LogP contribution in [0.25, 0.3) is 0 Å². The number of rotatable bonds is 3. The van der Waals surface area contributed by atoms with Crippen molar-refractivity contribution in [1.82, 2.24) is 0 Å². The highest BCUT2D eigenvalue weighted by atomic mass is 14.6. The van der Waals surface area contributed by atoms with E-state index in [1.54, 1.807) is 0 Å². The van der Waals surface area contributed by atoms with Gasteiger partial charge in [-0.3, -0.25) is 0 Å². The van der Waals surface area contributed by atoms with Crippen molar-refractivity contribution in [3.63, 3.8) is 0 Å². The minimum atomic E-state index is 0.157. The molecule has 1 heteroatoms. The van der Waals surface area contributed by atoms with Crippen molar-refractivity contribution in [3.8, 4) is 0 Å². The molecule has 2 N–H and O–H groups in total. The molecule has 17 heavy (non-hydrogen) atoms. The minimum Gasteiger partial charge on any atom is -0.324 e. The van der Waals surface area contributed by atoms with Gasteiger partial charge in [0.1, 0.15) is 0 Å². The molecule has 0 aliphatic carbocycles. The Morgan fingerprint density at radius 3 is 2.29 bits per heavy atom. The molecule has 0 aliphatic rings. The summed E-state index contributed by atoms with van der Waals surface area (Å²) in [6, 6.07) is 6.71. The Bertz CT molecular complexity index is 374. The van der Waals surface area contributed by atoms with Gasteiger partial charge in [-0.15, -0.1) is 0 Å². The third-order valence-corrected chi connectivity index (χ3v) is 3.92. The molecule has 0 aromatic heterocycles. The molecule has 96 valence electrons. The summed E-state index contributed by atoms with van der Waals surface area (Å²) >= 11 is 0. The van der Waals surface area contributed by atoms with Gasteiger partial charge in [-0.1, -0.05) is 51.5 Å². The first-order valence-electron chi connectivity index (χ1n) is 6.54. The molecule has 0 fully saturated rings. The second kappa shape index (κ2) is 5.22. The molecule has 0 amide bonds. The Morgan fingerprint density at radius 2 is 1.76 bits per heavy atom. The summed E-state index contributed by atoms with van der Waals surface area (Å²) < 4.78 is 0. The van der Waals surface area contributed by atoms with Crippen LogP contribution in [0, 0.1) is 25.2 Å². The van der Waals surface area contributed by atoms with Crippen LogP contribution in [0.15, 0.2) is 18.2 Å². The molecular weight excluding hydrogens is 206 g/mol. The lowest BCUT2D eigenvalue weighted by molar-refractivity contribution is 0.233. The maximum Gasteiger partial charge on any atom is 0.0300 e. The highest BCUT2D eigenvalue weighted by Crippen LogP contribution is 2.33. The third kappa shape index (κ3) is 3.85. The van der Waals surface area contributed by atoms with E-state index >= 15 is 0 Å². The van der Waals surface area contributed by atoms with Crippen LogP contribution in [0.2, 0.25) is 0 Å². The summed E-state index contributed by atoms with van der Waals surface area (Å²) in [7, 11) is 0. The quantitative estimate of drug-likeness (QED) is 0.824. The Morgan fingerprint density at radius 1 is 1.18 bits per heavy atom. The highest BCUT2D eigenvalue weighted by Gasteiger charge is 2.23. The average Bonchev–Trinajstić information content (AvgIpc) is 2.20. The fraction of sp³-hybridized carbons (Fsp3) is 0.625. The smallest absolute Gasteiger partial charge is 0.0300 e.